The van der Waals surface area contributed by atoms with Gasteiger partial charge in [0, 0.05) is 17.8 Å². The van der Waals surface area contributed by atoms with Crippen LogP contribution in [0.2, 0.25) is 0 Å². The number of hydrogen-bond donors (Lipinski definition) is 0. The number of nitrogens with zero attached hydrogens (tertiary/aromatic N) is 2. The van der Waals surface area contributed by atoms with E-state index < -0.39 is 0 Å². The van der Waals surface area contributed by atoms with Crippen LogP contribution in [0, 0.1) is 6.92 Å². The van der Waals surface area contributed by atoms with Crippen molar-refractivity contribution in [3.05, 3.63) is 41.7 Å². The third kappa shape index (κ3) is 2.51. The number of rotatable bonds is 3. The van der Waals surface area contributed by atoms with Gasteiger partial charge >= 0.3 is 7.12 Å². The van der Waals surface area contributed by atoms with Crippen LogP contribution in [0.5, 0.6) is 0 Å². The molecule has 0 N–H and O–H groups in total. The second-order valence-corrected chi connectivity index (χ2v) is 8.07. The second kappa shape index (κ2) is 5.20. The molecule has 0 amide bonds. The van der Waals surface area contributed by atoms with Gasteiger partial charge in [0.15, 0.2) is 0 Å². The van der Waals surface area contributed by atoms with Gasteiger partial charge in [-0.3, -0.25) is 0 Å². The first kappa shape index (κ1) is 15.9. The Labute approximate surface area is 144 Å². The molecule has 1 saturated carbocycles. The third-order valence-electron chi connectivity index (χ3n) is 5.67. The summed E-state index contributed by atoms with van der Waals surface area (Å²) in [4.78, 5) is 0. The Kier molecular flexibility index (Phi) is 3.45. The predicted molar refractivity (Wildman–Crippen MR) is 96.0 cm³/mol. The first-order valence-corrected chi connectivity index (χ1v) is 8.79. The molecule has 0 unspecified atom stereocenters. The molecule has 1 aromatic heterocycles. The van der Waals surface area contributed by atoms with Gasteiger partial charge in [-0.05, 0) is 76.7 Å². The summed E-state index contributed by atoms with van der Waals surface area (Å²) in [5, 5.41) is 4.52. The molecule has 2 aromatic rings. The average molecular weight is 324 g/mol. The Bertz CT molecular complexity index is 761. The monoisotopic (exact) mass is 324 g/mol. The van der Waals surface area contributed by atoms with Gasteiger partial charge in [0.25, 0.3) is 0 Å². The van der Waals surface area contributed by atoms with Crippen molar-refractivity contribution < 1.29 is 9.31 Å². The van der Waals surface area contributed by atoms with E-state index in [-0.39, 0.29) is 18.3 Å². The summed E-state index contributed by atoms with van der Waals surface area (Å²) in [5.74, 6) is 0.676. The van der Waals surface area contributed by atoms with E-state index in [9.17, 15) is 0 Å². The number of hydrogen-bond acceptors (Lipinski definition) is 3. The first-order chi connectivity index (χ1) is 11.3. The molecule has 0 spiro atoms. The Hall–Kier alpha value is -1.59. The van der Waals surface area contributed by atoms with Crippen molar-refractivity contribution in [3.8, 4) is 5.69 Å². The molecule has 4 rings (SSSR count). The van der Waals surface area contributed by atoms with E-state index in [0.29, 0.717) is 5.92 Å². The predicted octanol–water partition coefficient (Wildman–Crippen LogP) is 3.36. The molecule has 1 aliphatic carbocycles. The van der Waals surface area contributed by atoms with Crippen molar-refractivity contribution >= 4 is 12.6 Å². The molecule has 126 valence electrons. The van der Waals surface area contributed by atoms with E-state index in [0.717, 1.165) is 11.2 Å². The quantitative estimate of drug-likeness (QED) is 0.813. The van der Waals surface area contributed by atoms with Crippen molar-refractivity contribution in [1.29, 1.82) is 0 Å². The van der Waals surface area contributed by atoms with E-state index in [2.05, 4.69) is 68.7 Å². The topological polar surface area (TPSA) is 36.3 Å². The Morgan fingerprint density at radius 3 is 2.33 bits per heavy atom. The maximum absolute atomic E-state index is 6.19. The smallest absolute Gasteiger partial charge is 0.399 e. The first-order valence-electron chi connectivity index (χ1n) is 8.79. The van der Waals surface area contributed by atoms with Crippen LogP contribution in [-0.4, -0.2) is 28.1 Å². The molecule has 0 bridgehead atoms. The molecule has 1 aliphatic heterocycles. The summed E-state index contributed by atoms with van der Waals surface area (Å²) in [5.41, 5.74) is 4.06. The zero-order valence-electron chi connectivity index (χ0n) is 15.2. The minimum Gasteiger partial charge on any atom is -0.399 e. The SMILES string of the molecule is Cc1cc(-n2nccc2C2CC2)ccc1B1OC(C)(C)C(C)(C)O1. The van der Waals surface area contributed by atoms with Crippen molar-refractivity contribution in [1.82, 2.24) is 9.78 Å². The molecule has 0 radical (unpaired) electrons. The van der Waals surface area contributed by atoms with Crippen LogP contribution < -0.4 is 5.46 Å². The van der Waals surface area contributed by atoms with Crippen LogP contribution in [0.25, 0.3) is 5.69 Å². The molecular formula is C19H25BN2O2. The Balaban J connectivity index is 1.65. The van der Waals surface area contributed by atoms with E-state index in [4.69, 9.17) is 9.31 Å². The molecule has 2 heterocycles. The van der Waals surface area contributed by atoms with Gasteiger partial charge in [-0.25, -0.2) is 4.68 Å². The zero-order chi connectivity index (χ0) is 17.1. The maximum atomic E-state index is 6.19. The van der Waals surface area contributed by atoms with E-state index in [1.807, 2.05) is 6.20 Å². The standard InChI is InChI=1S/C19H25BN2O2/c1-13-12-15(22-17(10-11-21-22)14-6-7-14)8-9-16(13)20-23-18(2,3)19(4,5)24-20/h8-12,14H,6-7H2,1-5H3. The van der Waals surface area contributed by atoms with E-state index >= 15 is 0 Å². The number of benzene rings is 1. The third-order valence-corrected chi connectivity index (χ3v) is 5.67. The van der Waals surface area contributed by atoms with Crippen LogP contribution >= 0.6 is 0 Å². The molecular weight excluding hydrogens is 299 g/mol. The largest absolute Gasteiger partial charge is 0.495 e. The summed E-state index contributed by atoms with van der Waals surface area (Å²) in [7, 11) is -0.315. The van der Waals surface area contributed by atoms with Crippen LogP contribution in [0.1, 0.15) is 57.7 Å². The molecule has 4 nitrogen and oxygen atoms in total. The summed E-state index contributed by atoms with van der Waals surface area (Å²) in [6.07, 6.45) is 4.44. The van der Waals surface area contributed by atoms with Gasteiger partial charge in [0.2, 0.25) is 0 Å². The summed E-state index contributed by atoms with van der Waals surface area (Å²) in [6.45, 7) is 10.5. The molecule has 24 heavy (non-hydrogen) atoms. The molecule has 1 aromatic carbocycles. The van der Waals surface area contributed by atoms with Gasteiger partial charge in [-0.2, -0.15) is 5.10 Å². The fourth-order valence-electron chi connectivity index (χ4n) is 3.24. The van der Waals surface area contributed by atoms with Crippen LogP contribution in [0.4, 0.5) is 0 Å². The van der Waals surface area contributed by atoms with Gasteiger partial charge in [0.05, 0.1) is 16.9 Å². The van der Waals surface area contributed by atoms with Crippen LogP contribution in [0.15, 0.2) is 30.5 Å². The maximum Gasteiger partial charge on any atom is 0.495 e. The van der Waals surface area contributed by atoms with Crippen molar-refractivity contribution in [3.63, 3.8) is 0 Å². The molecule has 2 fully saturated rings. The van der Waals surface area contributed by atoms with Gasteiger partial charge in [-0.1, -0.05) is 6.07 Å². The van der Waals surface area contributed by atoms with E-state index in [1.54, 1.807) is 0 Å². The molecule has 5 heteroatoms. The summed E-state index contributed by atoms with van der Waals surface area (Å²) in [6, 6.07) is 8.55. The molecule has 2 aliphatic rings. The van der Waals surface area contributed by atoms with Crippen molar-refractivity contribution in [2.75, 3.05) is 0 Å². The summed E-state index contributed by atoms with van der Waals surface area (Å²) >= 11 is 0. The number of aryl methyl sites for hydroxylation is 1. The zero-order valence-corrected chi connectivity index (χ0v) is 15.2. The minimum atomic E-state index is -0.316. The lowest BCUT2D eigenvalue weighted by atomic mass is 9.76. The Morgan fingerprint density at radius 2 is 1.75 bits per heavy atom. The fourth-order valence-corrected chi connectivity index (χ4v) is 3.24. The molecule has 1 saturated heterocycles. The number of aromatic nitrogens is 2. The van der Waals surface area contributed by atoms with Crippen molar-refractivity contribution in [2.45, 2.75) is 64.6 Å². The molecule has 0 atom stereocenters. The van der Waals surface area contributed by atoms with Crippen molar-refractivity contribution in [2.24, 2.45) is 0 Å². The average Bonchev–Trinajstić information content (AvgIpc) is 3.17. The van der Waals surface area contributed by atoms with Gasteiger partial charge < -0.3 is 9.31 Å². The van der Waals surface area contributed by atoms with Gasteiger partial charge in [0.1, 0.15) is 0 Å². The highest BCUT2D eigenvalue weighted by Crippen LogP contribution is 2.40. The Morgan fingerprint density at radius 1 is 1.08 bits per heavy atom. The fraction of sp³-hybridized carbons (Fsp3) is 0.526. The summed E-state index contributed by atoms with van der Waals surface area (Å²) < 4.78 is 14.4. The highest BCUT2D eigenvalue weighted by Gasteiger charge is 2.52. The van der Waals surface area contributed by atoms with Crippen LogP contribution in [0.3, 0.4) is 0 Å². The highest BCUT2D eigenvalue weighted by atomic mass is 16.7. The highest BCUT2D eigenvalue weighted by molar-refractivity contribution is 6.62. The lowest BCUT2D eigenvalue weighted by molar-refractivity contribution is 0.00578. The van der Waals surface area contributed by atoms with Gasteiger partial charge in [-0.15, -0.1) is 0 Å². The normalized spacial score (nSPS) is 22.1. The lowest BCUT2D eigenvalue weighted by Gasteiger charge is -2.32. The second-order valence-electron chi connectivity index (χ2n) is 8.07. The lowest BCUT2D eigenvalue weighted by Crippen LogP contribution is -2.41. The van der Waals surface area contributed by atoms with Crippen LogP contribution in [-0.2, 0) is 9.31 Å². The van der Waals surface area contributed by atoms with E-state index in [1.165, 1.54) is 24.1 Å². The minimum absolute atomic E-state index is 0.315.